The van der Waals surface area contributed by atoms with Gasteiger partial charge in [-0.15, -0.1) is 0 Å². The van der Waals surface area contributed by atoms with Gasteiger partial charge in [0.05, 0.1) is 11.1 Å². The van der Waals surface area contributed by atoms with Gasteiger partial charge in [0.2, 0.25) is 0 Å². The molecular weight excluding hydrogens is 256 g/mol. The molecule has 1 aliphatic carbocycles. The van der Waals surface area contributed by atoms with Crippen LogP contribution in [-0.4, -0.2) is 23.1 Å². The number of ether oxygens (including phenoxy) is 1. The van der Waals surface area contributed by atoms with Crippen LogP contribution in [0, 0.1) is 0 Å². The van der Waals surface area contributed by atoms with Crippen LogP contribution in [0.4, 0.5) is 0 Å². The molecule has 1 unspecified atom stereocenters. The van der Waals surface area contributed by atoms with Crippen LogP contribution in [-0.2, 0) is 4.74 Å². The van der Waals surface area contributed by atoms with Gasteiger partial charge >= 0.3 is 11.9 Å². The number of hydrogen-bond acceptors (Lipinski definition) is 3. The highest BCUT2D eigenvalue weighted by molar-refractivity contribution is 5.92. The van der Waals surface area contributed by atoms with Crippen molar-refractivity contribution in [1.82, 2.24) is 0 Å². The van der Waals surface area contributed by atoms with Crippen molar-refractivity contribution < 1.29 is 19.4 Å². The molecule has 1 aromatic carbocycles. The monoisotopic (exact) mass is 272 g/mol. The van der Waals surface area contributed by atoms with E-state index in [0.29, 0.717) is 12.0 Å². The van der Waals surface area contributed by atoms with Crippen molar-refractivity contribution in [3.63, 3.8) is 0 Å². The second-order valence-corrected chi connectivity index (χ2v) is 4.89. The first-order valence-corrected chi connectivity index (χ1v) is 6.36. The highest BCUT2D eigenvalue weighted by Crippen LogP contribution is 2.28. The number of carboxylic acid groups (broad SMARTS) is 1. The van der Waals surface area contributed by atoms with Crippen LogP contribution < -0.4 is 0 Å². The van der Waals surface area contributed by atoms with Gasteiger partial charge < -0.3 is 9.84 Å². The number of carbonyl (C=O) groups is 2. The average molecular weight is 272 g/mol. The predicted molar refractivity (Wildman–Crippen MR) is 74.7 cm³/mol. The maximum Gasteiger partial charge on any atom is 0.338 e. The van der Waals surface area contributed by atoms with E-state index < -0.39 is 11.9 Å². The second-order valence-electron chi connectivity index (χ2n) is 4.89. The molecule has 1 atom stereocenters. The number of benzene rings is 1. The lowest BCUT2D eigenvalue weighted by molar-refractivity contribution is 0.0356. The summed E-state index contributed by atoms with van der Waals surface area (Å²) in [6.07, 6.45) is 1.95. The third-order valence-corrected chi connectivity index (χ3v) is 3.35. The molecule has 20 heavy (non-hydrogen) atoms. The summed E-state index contributed by atoms with van der Waals surface area (Å²) in [5.74, 6) is -1.50. The lowest BCUT2D eigenvalue weighted by atomic mass is 9.90. The first-order chi connectivity index (χ1) is 9.47. The Hall–Kier alpha value is -2.36. The van der Waals surface area contributed by atoms with Crippen molar-refractivity contribution in [2.75, 3.05) is 0 Å². The molecule has 1 fully saturated rings. The molecule has 104 valence electrons. The molecule has 0 spiro atoms. The first kappa shape index (κ1) is 14.1. The largest absolute Gasteiger partial charge is 0.478 e. The van der Waals surface area contributed by atoms with Crippen LogP contribution >= 0.6 is 0 Å². The molecule has 0 saturated heterocycles. The van der Waals surface area contributed by atoms with E-state index in [1.165, 1.54) is 24.3 Å². The fourth-order valence-electron chi connectivity index (χ4n) is 2.08. The minimum atomic E-state index is -1.03. The minimum absolute atomic E-state index is 0.136. The lowest BCUT2D eigenvalue weighted by Gasteiger charge is -2.26. The zero-order valence-corrected chi connectivity index (χ0v) is 11.1. The summed E-state index contributed by atoms with van der Waals surface area (Å²) in [6.45, 7) is 7.83. The molecule has 0 aliphatic heterocycles. The Morgan fingerprint density at radius 1 is 1.10 bits per heavy atom. The van der Waals surface area contributed by atoms with Crippen molar-refractivity contribution in [3.05, 3.63) is 59.7 Å². The molecule has 0 heterocycles. The summed E-state index contributed by atoms with van der Waals surface area (Å²) in [7, 11) is 0. The molecular formula is C16H16O4. The molecule has 1 saturated carbocycles. The van der Waals surface area contributed by atoms with E-state index in [1.54, 1.807) is 0 Å². The summed E-state index contributed by atoms with van der Waals surface area (Å²) in [4.78, 5) is 22.7. The first-order valence-electron chi connectivity index (χ1n) is 6.36. The van der Waals surface area contributed by atoms with Gasteiger partial charge in [-0.3, -0.25) is 0 Å². The molecule has 0 bridgehead atoms. The van der Waals surface area contributed by atoms with Crippen molar-refractivity contribution >= 4 is 11.9 Å². The molecule has 0 amide bonds. The van der Waals surface area contributed by atoms with Crippen molar-refractivity contribution in [2.24, 2.45) is 0 Å². The fourth-order valence-corrected chi connectivity index (χ4v) is 2.08. The number of hydrogen-bond donors (Lipinski definition) is 1. The van der Waals surface area contributed by atoms with Crippen LogP contribution in [0.5, 0.6) is 0 Å². The van der Waals surface area contributed by atoms with Crippen LogP contribution in [0.3, 0.4) is 0 Å². The maximum absolute atomic E-state index is 12.0. The summed E-state index contributed by atoms with van der Waals surface area (Å²) < 4.78 is 5.41. The molecule has 1 aromatic rings. The van der Waals surface area contributed by atoms with Crippen molar-refractivity contribution in [3.8, 4) is 0 Å². The number of aromatic carboxylic acids is 1. The topological polar surface area (TPSA) is 63.6 Å². The third kappa shape index (κ3) is 3.15. The fraction of sp³-hybridized carbons (Fsp3) is 0.250. The van der Waals surface area contributed by atoms with Gasteiger partial charge in [-0.1, -0.05) is 18.7 Å². The Kier molecular flexibility index (Phi) is 4.03. The summed E-state index contributed by atoms with van der Waals surface area (Å²) in [6, 6.07) is 5.67. The molecule has 1 aliphatic rings. The standard InChI is InChI=1S/C16H16O4/c1-10-3-4-11(2)14(9-10)20-16(19)13-7-5-12(6-8-13)15(17)18/h5-8,14H,1-4,9H2,(H,17,18). The van der Waals surface area contributed by atoms with E-state index in [-0.39, 0.29) is 11.7 Å². The van der Waals surface area contributed by atoms with E-state index >= 15 is 0 Å². The molecule has 4 nitrogen and oxygen atoms in total. The molecule has 2 rings (SSSR count). The van der Waals surface area contributed by atoms with Crippen molar-refractivity contribution in [1.29, 1.82) is 0 Å². The van der Waals surface area contributed by atoms with Gasteiger partial charge in [-0.2, -0.15) is 0 Å². The Labute approximate surface area is 117 Å². The van der Waals surface area contributed by atoms with E-state index in [1.807, 2.05) is 0 Å². The zero-order valence-electron chi connectivity index (χ0n) is 11.1. The average Bonchev–Trinajstić information content (AvgIpc) is 2.43. The lowest BCUT2D eigenvalue weighted by Crippen LogP contribution is -2.24. The van der Waals surface area contributed by atoms with Gasteiger partial charge in [0, 0.05) is 6.42 Å². The zero-order chi connectivity index (χ0) is 14.7. The highest BCUT2D eigenvalue weighted by Gasteiger charge is 2.23. The maximum atomic E-state index is 12.0. The normalized spacial score (nSPS) is 18.7. The van der Waals surface area contributed by atoms with Gasteiger partial charge in [0.25, 0.3) is 0 Å². The number of esters is 1. The van der Waals surface area contributed by atoms with E-state index in [9.17, 15) is 9.59 Å². The van der Waals surface area contributed by atoms with Gasteiger partial charge in [0.15, 0.2) is 0 Å². The molecule has 0 aromatic heterocycles. The predicted octanol–water partition coefficient (Wildman–Crippen LogP) is 3.21. The number of carboxylic acids is 1. The summed E-state index contributed by atoms with van der Waals surface area (Å²) in [5.41, 5.74) is 2.42. The highest BCUT2D eigenvalue weighted by atomic mass is 16.5. The number of carbonyl (C=O) groups excluding carboxylic acids is 1. The van der Waals surface area contributed by atoms with Crippen LogP contribution in [0.2, 0.25) is 0 Å². The van der Waals surface area contributed by atoms with Gasteiger partial charge in [-0.25, -0.2) is 9.59 Å². The third-order valence-electron chi connectivity index (χ3n) is 3.35. The second kappa shape index (κ2) is 5.74. The molecule has 1 N–H and O–H groups in total. The Bertz CT molecular complexity index is 569. The Morgan fingerprint density at radius 2 is 1.70 bits per heavy atom. The Balaban J connectivity index is 2.05. The van der Waals surface area contributed by atoms with Gasteiger partial charge in [-0.05, 0) is 42.7 Å². The van der Waals surface area contributed by atoms with Crippen LogP contribution in [0.1, 0.15) is 40.0 Å². The minimum Gasteiger partial charge on any atom is -0.478 e. The van der Waals surface area contributed by atoms with E-state index in [2.05, 4.69) is 13.2 Å². The number of rotatable bonds is 3. The van der Waals surface area contributed by atoms with Gasteiger partial charge in [0.1, 0.15) is 6.10 Å². The smallest absolute Gasteiger partial charge is 0.338 e. The van der Waals surface area contributed by atoms with E-state index in [0.717, 1.165) is 24.0 Å². The quantitative estimate of drug-likeness (QED) is 0.678. The summed E-state index contributed by atoms with van der Waals surface area (Å²) >= 11 is 0. The van der Waals surface area contributed by atoms with E-state index in [4.69, 9.17) is 9.84 Å². The van der Waals surface area contributed by atoms with Crippen LogP contribution in [0.25, 0.3) is 0 Å². The molecule has 0 radical (unpaired) electrons. The molecule has 4 heteroatoms. The van der Waals surface area contributed by atoms with Crippen molar-refractivity contribution in [2.45, 2.75) is 25.4 Å². The van der Waals surface area contributed by atoms with Crippen LogP contribution in [0.15, 0.2) is 48.6 Å². The Morgan fingerprint density at radius 3 is 2.30 bits per heavy atom. The SMILES string of the molecule is C=C1CCC(=C)C(OC(=O)c2ccc(C(=O)O)cc2)C1. The summed E-state index contributed by atoms with van der Waals surface area (Å²) in [5, 5.41) is 8.80.